The molecular formula is C22H18F3N. The van der Waals surface area contributed by atoms with Crippen LogP contribution in [-0.2, 0) is 12.6 Å². The molecule has 3 aromatic rings. The smallest absolute Gasteiger partial charge is 0.398 e. The largest absolute Gasteiger partial charge is 0.418 e. The van der Waals surface area contributed by atoms with Gasteiger partial charge in [0.05, 0.1) is 11.3 Å². The number of benzene rings is 3. The van der Waals surface area contributed by atoms with Crippen LogP contribution >= 0.6 is 0 Å². The molecular weight excluding hydrogens is 335 g/mol. The van der Waals surface area contributed by atoms with E-state index in [1.807, 2.05) is 66.7 Å². The zero-order valence-electron chi connectivity index (χ0n) is 14.0. The number of nitrogens with two attached hydrogens (primary N) is 1. The number of alkyl halides is 3. The lowest BCUT2D eigenvalue weighted by molar-refractivity contribution is -0.136. The average molecular weight is 353 g/mol. The van der Waals surface area contributed by atoms with Crippen LogP contribution in [-0.4, -0.2) is 0 Å². The van der Waals surface area contributed by atoms with E-state index in [0.717, 1.165) is 17.2 Å². The van der Waals surface area contributed by atoms with E-state index in [2.05, 4.69) is 0 Å². The standard InChI is InChI=1S/C22H18F3N/c23-22(24,25)20-13-7-12-19(21(20)26)18(17-10-5-2-6-11-17)15-14-16-8-3-1-4-9-16/h1-13,15H,14,26H2/b18-15-. The Morgan fingerprint density at radius 3 is 2.04 bits per heavy atom. The van der Waals surface area contributed by atoms with E-state index < -0.39 is 11.7 Å². The van der Waals surface area contributed by atoms with Gasteiger partial charge in [-0.05, 0) is 29.2 Å². The van der Waals surface area contributed by atoms with Crippen LogP contribution in [0, 0.1) is 0 Å². The van der Waals surface area contributed by atoms with E-state index in [1.54, 1.807) is 6.07 Å². The number of hydrogen-bond acceptors (Lipinski definition) is 1. The van der Waals surface area contributed by atoms with E-state index >= 15 is 0 Å². The van der Waals surface area contributed by atoms with Gasteiger partial charge in [-0.15, -0.1) is 0 Å². The first-order chi connectivity index (χ1) is 12.5. The van der Waals surface area contributed by atoms with Crippen molar-refractivity contribution >= 4 is 11.3 Å². The van der Waals surface area contributed by atoms with Gasteiger partial charge in [0.25, 0.3) is 0 Å². The molecule has 4 heteroatoms. The summed E-state index contributed by atoms with van der Waals surface area (Å²) in [6.45, 7) is 0. The van der Waals surface area contributed by atoms with Crippen molar-refractivity contribution in [3.05, 3.63) is 107 Å². The lowest BCUT2D eigenvalue weighted by Crippen LogP contribution is -2.10. The summed E-state index contributed by atoms with van der Waals surface area (Å²) in [5.74, 6) is 0. The maximum atomic E-state index is 13.2. The fraction of sp³-hybridized carbons (Fsp3) is 0.0909. The summed E-state index contributed by atoms with van der Waals surface area (Å²) in [6, 6.07) is 23.1. The van der Waals surface area contributed by atoms with Crippen LogP contribution in [0.2, 0.25) is 0 Å². The zero-order chi connectivity index (χ0) is 18.6. The van der Waals surface area contributed by atoms with Crippen molar-refractivity contribution in [2.24, 2.45) is 0 Å². The molecule has 0 bridgehead atoms. The van der Waals surface area contributed by atoms with Crippen LogP contribution in [0.1, 0.15) is 22.3 Å². The van der Waals surface area contributed by atoms with Crippen molar-refractivity contribution in [2.45, 2.75) is 12.6 Å². The quantitative estimate of drug-likeness (QED) is 0.575. The van der Waals surface area contributed by atoms with Crippen LogP contribution in [0.5, 0.6) is 0 Å². The van der Waals surface area contributed by atoms with Gasteiger partial charge in [-0.25, -0.2) is 0 Å². The summed E-state index contributed by atoms with van der Waals surface area (Å²) in [5, 5.41) is 0. The summed E-state index contributed by atoms with van der Waals surface area (Å²) in [4.78, 5) is 0. The number of para-hydroxylation sites is 1. The average Bonchev–Trinajstić information content (AvgIpc) is 2.64. The molecule has 0 unspecified atom stereocenters. The molecule has 26 heavy (non-hydrogen) atoms. The molecule has 0 atom stereocenters. The van der Waals surface area contributed by atoms with Gasteiger partial charge in [0.1, 0.15) is 0 Å². The number of allylic oxidation sites excluding steroid dienone is 1. The SMILES string of the molecule is Nc1c(/C(=C\Cc2ccccc2)c2ccccc2)cccc1C(F)(F)F. The summed E-state index contributed by atoms with van der Waals surface area (Å²) >= 11 is 0. The Kier molecular flexibility index (Phi) is 5.12. The van der Waals surface area contributed by atoms with Crippen LogP contribution in [0.3, 0.4) is 0 Å². The van der Waals surface area contributed by atoms with Crippen LogP contribution in [0.15, 0.2) is 84.9 Å². The second-order valence-corrected chi connectivity index (χ2v) is 5.94. The van der Waals surface area contributed by atoms with Gasteiger partial charge in [0, 0.05) is 5.56 Å². The summed E-state index contributed by atoms with van der Waals surface area (Å²) < 4.78 is 39.7. The Morgan fingerprint density at radius 2 is 1.42 bits per heavy atom. The molecule has 0 aliphatic heterocycles. The van der Waals surface area contributed by atoms with Crippen molar-refractivity contribution in [3.63, 3.8) is 0 Å². The predicted octanol–water partition coefficient (Wildman–Crippen LogP) is 5.96. The third kappa shape index (κ3) is 3.97. The predicted molar refractivity (Wildman–Crippen MR) is 99.5 cm³/mol. The summed E-state index contributed by atoms with van der Waals surface area (Å²) in [7, 11) is 0. The van der Waals surface area contributed by atoms with E-state index in [9.17, 15) is 13.2 Å². The molecule has 0 radical (unpaired) electrons. The van der Waals surface area contributed by atoms with Crippen molar-refractivity contribution in [1.82, 2.24) is 0 Å². The third-order valence-corrected chi connectivity index (χ3v) is 4.17. The van der Waals surface area contributed by atoms with Gasteiger partial charge in [0.2, 0.25) is 0 Å². The number of hydrogen-bond donors (Lipinski definition) is 1. The van der Waals surface area contributed by atoms with Crippen LogP contribution in [0.4, 0.5) is 18.9 Å². The minimum absolute atomic E-state index is 0.247. The number of nitrogen functional groups attached to an aromatic ring is 1. The Balaban J connectivity index is 2.10. The van der Waals surface area contributed by atoms with E-state index in [0.29, 0.717) is 17.6 Å². The monoisotopic (exact) mass is 353 g/mol. The molecule has 3 rings (SSSR count). The summed E-state index contributed by atoms with van der Waals surface area (Å²) in [5.41, 5.74) is 7.85. The Morgan fingerprint density at radius 1 is 0.808 bits per heavy atom. The topological polar surface area (TPSA) is 26.0 Å². The first-order valence-electron chi connectivity index (χ1n) is 8.22. The molecule has 0 saturated heterocycles. The molecule has 0 aliphatic rings. The maximum Gasteiger partial charge on any atom is 0.418 e. The van der Waals surface area contributed by atoms with Gasteiger partial charge >= 0.3 is 6.18 Å². The second kappa shape index (κ2) is 7.48. The molecule has 0 saturated carbocycles. The minimum Gasteiger partial charge on any atom is -0.398 e. The molecule has 0 spiro atoms. The fourth-order valence-corrected chi connectivity index (χ4v) is 2.88. The summed E-state index contributed by atoms with van der Waals surface area (Å²) in [6.07, 6.45) is -1.96. The van der Waals surface area contributed by atoms with Crippen molar-refractivity contribution < 1.29 is 13.2 Å². The molecule has 0 amide bonds. The molecule has 132 valence electrons. The second-order valence-electron chi connectivity index (χ2n) is 5.94. The molecule has 2 N–H and O–H groups in total. The van der Waals surface area contributed by atoms with Gasteiger partial charge in [-0.3, -0.25) is 0 Å². The van der Waals surface area contributed by atoms with E-state index in [4.69, 9.17) is 5.73 Å². The molecule has 0 aliphatic carbocycles. The fourth-order valence-electron chi connectivity index (χ4n) is 2.88. The number of halogens is 3. The highest BCUT2D eigenvalue weighted by atomic mass is 19.4. The van der Waals surface area contributed by atoms with Gasteiger partial charge in [-0.2, -0.15) is 13.2 Å². The zero-order valence-corrected chi connectivity index (χ0v) is 14.0. The van der Waals surface area contributed by atoms with Gasteiger partial charge < -0.3 is 5.73 Å². The lowest BCUT2D eigenvalue weighted by Gasteiger charge is -2.16. The first kappa shape index (κ1) is 17.8. The normalized spacial score (nSPS) is 12.2. The highest BCUT2D eigenvalue weighted by Gasteiger charge is 2.33. The van der Waals surface area contributed by atoms with Crippen molar-refractivity contribution in [1.29, 1.82) is 0 Å². The molecule has 1 nitrogen and oxygen atoms in total. The maximum absolute atomic E-state index is 13.2. The van der Waals surface area contributed by atoms with Gasteiger partial charge in [0.15, 0.2) is 0 Å². The van der Waals surface area contributed by atoms with Crippen molar-refractivity contribution in [3.8, 4) is 0 Å². The van der Waals surface area contributed by atoms with E-state index in [-0.39, 0.29) is 5.69 Å². The molecule has 0 aromatic heterocycles. The Hall–Kier alpha value is -3.01. The highest BCUT2D eigenvalue weighted by Crippen LogP contribution is 2.38. The molecule has 0 fully saturated rings. The first-order valence-corrected chi connectivity index (χ1v) is 8.22. The van der Waals surface area contributed by atoms with Crippen molar-refractivity contribution in [2.75, 3.05) is 5.73 Å². The highest BCUT2D eigenvalue weighted by molar-refractivity contribution is 5.86. The Labute approximate surface area is 150 Å². The Bertz CT molecular complexity index is 898. The minimum atomic E-state index is -4.48. The van der Waals surface area contributed by atoms with Gasteiger partial charge in [-0.1, -0.05) is 78.9 Å². The van der Waals surface area contributed by atoms with Crippen LogP contribution < -0.4 is 5.73 Å². The lowest BCUT2D eigenvalue weighted by atomic mass is 9.93. The van der Waals surface area contributed by atoms with E-state index in [1.165, 1.54) is 6.07 Å². The van der Waals surface area contributed by atoms with Crippen LogP contribution in [0.25, 0.3) is 5.57 Å². The number of anilines is 1. The molecule has 0 heterocycles. The third-order valence-electron chi connectivity index (χ3n) is 4.17. The molecule has 3 aromatic carbocycles. The number of rotatable bonds is 4.